The molecule has 0 bridgehead atoms. The fourth-order valence-corrected chi connectivity index (χ4v) is 5.15. The molecule has 0 heterocycles. The van der Waals surface area contributed by atoms with E-state index < -0.39 is 0 Å². The van der Waals surface area contributed by atoms with Crippen molar-refractivity contribution in [3.05, 3.63) is 137 Å². The summed E-state index contributed by atoms with van der Waals surface area (Å²) in [4.78, 5) is 3.47. The zero-order chi connectivity index (χ0) is 26.2. The van der Waals surface area contributed by atoms with Gasteiger partial charge in [0, 0.05) is 54.0 Å². The van der Waals surface area contributed by atoms with Crippen molar-refractivity contribution in [2.75, 3.05) is 0 Å². The molecule has 0 fully saturated rings. The van der Waals surface area contributed by atoms with E-state index in [9.17, 15) is 0 Å². The summed E-state index contributed by atoms with van der Waals surface area (Å²) in [6, 6.07) is 32.1. The van der Waals surface area contributed by atoms with Crippen LogP contribution in [0.1, 0.15) is 22.3 Å². The molecule has 4 aromatic carbocycles. The standard InChI is InChI=1S/2C14H10Br2S2.Ni/c2*15-11-5-1-9(2-6-11)13(17)14(18)10-3-7-12(16)8-4-10;/h2*1-8,17-18H;. The number of rotatable bonds is 4. The van der Waals surface area contributed by atoms with Crippen molar-refractivity contribution in [1.82, 2.24) is 0 Å². The van der Waals surface area contributed by atoms with Crippen LogP contribution in [0.2, 0.25) is 0 Å². The van der Waals surface area contributed by atoms with Gasteiger partial charge in [0.25, 0.3) is 0 Å². The summed E-state index contributed by atoms with van der Waals surface area (Å²) >= 11 is 31.9. The minimum Gasteiger partial charge on any atom is -0.142 e. The van der Waals surface area contributed by atoms with E-state index in [-0.39, 0.29) is 16.5 Å². The van der Waals surface area contributed by atoms with Gasteiger partial charge in [0.2, 0.25) is 0 Å². The van der Waals surface area contributed by atoms with Gasteiger partial charge in [0.05, 0.1) is 0 Å². The number of hydrogen-bond acceptors (Lipinski definition) is 4. The Kier molecular flexibility index (Phi) is 14.8. The molecule has 0 nitrogen and oxygen atoms in total. The molecule has 0 aromatic heterocycles. The smallest absolute Gasteiger partial charge is 0.0253 e. The molecule has 4 aromatic rings. The van der Waals surface area contributed by atoms with Crippen molar-refractivity contribution in [3.63, 3.8) is 0 Å². The van der Waals surface area contributed by atoms with Crippen molar-refractivity contribution in [2.24, 2.45) is 0 Å². The van der Waals surface area contributed by atoms with Crippen LogP contribution in [0.4, 0.5) is 0 Å². The summed E-state index contributed by atoms with van der Waals surface area (Å²) in [5, 5.41) is 0. The van der Waals surface area contributed by atoms with Crippen molar-refractivity contribution in [1.29, 1.82) is 0 Å². The fourth-order valence-electron chi connectivity index (χ4n) is 2.98. The van der Waals surface area contributed by atoms with Crippen LogP contribution in [0.3, 0.4) is 0 Å². The number of benzene rings is 4. The van der Waals surface area contributed by atoms with Gasteiger partial charge in [0.15, 0.2) is 0 Å². The maximum atomic E-state index is 4.56. The summed E-state index contributed by atoms with van der Waals surface area (Å²) in [5.74, 6) is 0. The molecule has 0 amide bonds. The summed E-state index contributed by atoms with van der Waals surface area (Å²) in [7, 11) is 0. The van der Waals surface area contributed by atoms with E-state index in [0.717, 1.165) is 59.8 Å². The van der Waals surface area contributed by atoms with E-state index in [1.165, 1.54) is 0 Å². The van der Waals surface area contributed by atoms with Crippen LogP contribution >= 0.6 is 114 Å². The Morgan fingerprint density at radius 3 is 0.595 bits per heavy atom. The molecule has 9 heteroatoms. The average Bonchev–Trinajstić information content (AvgIpc) is 2.89. The van der Waals surface area contributed by atoms with Gasteiger partial charge in [-0.15, -0.1) is 50.5 Å². The van der Waals surface area contributed by atoms with Crippen LogP contribution in [0.25, 0.3) is 19.6 Å². The molecule has 0 aliphatic rings. The normalized spacial score (nSPS) is 11.9. The Balaban J connectivity index is 0.000000253. The monoisotopic (exact) mass is 858 g/mol. The first-order chi connectivity index (χ1) is 17.2. The minimum absolute atomic E-state index is 0. The maximum Gasteiger partial charge on any atom is 0.0253 e. The predicted molar refractivity (Wildman–Crippen MR) is 186 cm³/mol. The first kappa shape index (κ1) is 33.4. The van der Waals surface area contributed by atoms with Crippen LogP contribution in [-0.2, 0) is 16.5 Å². The summed E-state index contributed by atoms with van der Waals surface area (Å²) < 4.78 is 4.21. The van der Waals surface area contributed by atoms with Gasteiger partial charge in [-0.25, -0.2) is 0 Å². The molecule has 194 valence electrons. The second kappa shape index (κ2) is 16.4. The molecule has 0 atom stereocenters. The third-order valence-electron chi connectivity index (χ3n) is 4.92. The Bertz CT molecular complexity index is 1150. The van der Waals surface area contributed by atoms with E-state index in [4.69, 9.17) is 0 Å². The van der Waals surface area contributed by atoms with Gasteiger partial charge in [-0.3, -0.25) is 0 Å². The third kappa shape index (κ3) is 10.3. The zero-order valence-corrected chi connectivity index (χ0v) is 29.8. The van der Waals surface area contributed by atoms with E-state index in [1.807, 2.05) is 97.1 Å². The number of thiol groups is 4. The van der Waals surface area contributed by atoms with E-state index in [2.05, 4.69) is 114 Å². The van der Waals surface area contributed by atoms with Gasteiger partial charge in [-0.05, 0) is 70.8 Å². The topological polar surface area (TPSA) is 0 Å². The van der Waals surface area contributed by atoms with E-state index >= 15 is 0 Å². The molecular formula is C28H20Br4NiS4. The molecule has 0 saturated carbocycles. The van der Waals surface area contributed by atoms with Gasteiger partial charge in [-0.2, -0.15) is 0 Å². The fraction of sp³-hybridized carbons (Fsp3) is 0. The third-order valence-corrected chi connectivity index (χ3v) is 9.31. The first-order valence-corrected chi connectivity index (χ1v) is 15.4. The minimum atomic E-state index is 0. The Labute approximate surface area is 284 Å². The molecule has 0 spiro atoms. The van der Waals surface area contributed by atoms with Crippen LogP contribution < -0.4 is 0 Å². The Morgan fingerprint density at radius 1 is 0.324 bits per heavy atom. The summed E-state index contributed by atoms with van der Waals surface area (Å²) in [5.41, 5.74) is 4.20. The molecule has 0 aliphatic heterocycles. The Hall–Kier alpha value is 0.174. The quantitative estimate of drug-likeness (QED) is 0.0877. The van der Waals surface area contributed by atoms with E-state index in [1.54, 1.807) is 0 Å². The van der Waals surface area contributed by atoms with E-state index in [0.29, 0.717) is 0 Å². The SMILES string of the molecule is SC(=C(S)c1ccc(Br)cc1)c1ccc(Br)cc1.SC(=C(S)c1ccc(Br)cc1)c1ccc(Br)cc1.[Ni]. The van der Waals surface area contributed by atoms with Crippen LogP contribution in [0.15, 0.2) is 115 Å². The van der Waals surface area contributed by atoms with Crippen LogP contribution in [-0.4, -0.2) is 0 Å². The first-order valence-electron chi connectivity index (χ1n) is 10.4. The van der Waals surface area contributed by atoms with Gasteiger partial charge >= 0.3 is 0 Å². The molecule has 0 N–H and O–H groups in total. The molecule has 0 aliphatic carbocycles. The maximum absolute atomic E-state index is 4.56. The molecule has 0 radical (unpaired) electrons. The van der Waals surface area contributed by atoms with Crippen LogP contribution in [0, 0.1) is 0 Å². The molecular weight excluding hydrogens is 843 g/mol. The summed E-state index contributed by atoms with van der Waals surface area (Å²) in [6.45, 7) is 0. The van der Waals surface area contributed by atoms with Gasteiger partial charge < -0.3 is 0 Å². The average molecular weight is 863 g/mol. The second-order valence-corrected chi connectivity index (χ2v) is 12.9. The van der Waals surface area contributed by atoms with Crippen molar-refractivity contribution >= 4 is 134 Å². The Morgan fingerprint density at radius 2 is 0.459 bits per heavy atom. The molecule has 0 saturated heterocycles. The van der Waals surface area contributed by atoms with Crippen molar-refractivity contribution in [3.8, 4) is 0 Å². The molecule has 4 rings (SSSR count). The van der Waals surface area contributed by atoms with Gasteiger partial charge in [0.1, 0.15) is 0 Å². The summed E-state index contributed by atoms with van der Waals surface area (Å²) in [6.07, 6.45) is 0. The number of halogens is 4. The number of hydrogen-bond donors (Lipinski definition) is 4. The second-order valence-electron chi connectivity index (χ2n) is 7.42. The van der Waals surface area contributed by atoms with Gasteiger partial charge in [-0.1, -0.05) is 112 Å². The predicted octanol–water partition coefficient (Wildman–Crippen LogP) is 11.8. The molecule has 37 heavy (non-hydrogen) atoms. The van der Waals surface area contributed by atoms with Crippen LogP contribution in [0.5, 0.6) is 0 Å². The van der Waals surface area contributed by atoms with Crippen molar-refractivity contribution < 1.29 is 16.5 Å². The van der Waals surface area contributed by atoms with Crippen molar-refractivity contribution in [2.45, 2.75) is 0 Å². The zero-order valence-electron chi connectivity index (χ0n) is 18.9. The largest absolute Gasteiger partial charge is 0.142 e. The molecule has 0 unspecified atom stereocenters.